The number of nitrogens with zero attached hydrogens (tertiary/aromatic N) is 2. The van der Waals surface area contributed by atoms with Crippen LogP contribution in [0, 0.1) is 0 Å². The lowest BCUT2D eigenvalue weighted by atomic mass is 10.0. The summed E-state index contributed by atoms with van der Waals surface area (Å²) in [5.41, 5.74) is 13.7. The summed E-state index contributed by atoms with van der Waals surface area (Å²) in [5, 5.41) is 7.30. The molecule has 0 unspecified atom stereocenters. The van der Waals surface area contributed by atoms with Gasteiger partial charge in [0.1, 0.15) is 11.2 Å². The summed E-state index contributed by atoms with van der Waals surface area (Å²) in [4.78, 5) is 0. The van der Waals surface area contributed by atoms with Crippen molar-refractivity contribution >= 4 is 65.6 Å². The van der Waals surface area contributed by atoms with Gasteiger partial charge in [-0.3, -0.25) is 0 Å². The average molecular weight is 651 g/mol. The lowest BCUT2D eigenvalue weighted by molar-refractivity contribution is 0.669. The van der Waals surface area contributed by atoms with Crippen molar-refractivity contribution in [2.24, 2.45) is 0 Å². The molecular weight excluding hydrogens is 621 g/mol. The predicted octanol–water partition coefficient (Wildman–Crippen LogP) is 13.1. The Morgan fingerprint density at radius 1 is 0.333 bits per heavy atom. The lowest BCUT2D eigenvalue weighted by Gasteiger charge is -2.14. The molecule has 0 fully saturated rings. The van der Waals surface area contributed by atoms with E-state index in [4.69, 9.17) is 4.42 Å². The van der Waals surface area contributed by atoms with E-state index < -0.39 is 0 Å². The highest BCUT2D eigenvalue weighted by Crippen LogP contribution is 2.44. The number of furan rings is 1. The zero-order valence-electron chi connectivity index (χ0n) is 27.6. The third-order valence-electron chi connectivity index (χ3n) is 10.5. The second-order valence-corrected chi connectivity index (χ2v) is 13.3. The first-order chi connectivity index (χ1) is 25.3. The highest BCUT2D eigenvalue weighted by Gasteiger charge is 2.22. The third-order valence-corrected chi connectivity index (χ3v) is 10.5. The molecule has 0 N–H and O–H groups in total. The zero-order valence-corrected chi connectivity index (χ0v) is 27.6. The third kappa shape index (κ3) is 4.12. The van der Waals surface area contributed by atoms with Gasteiger partial charge in [-0.1, -0.05) is 121 Å². The van der Waals surface area contributed by atoms with Gasteiger partial charge in [0, 0.05) is 43.6 Å². The van der Waals surface area contributed by atoms with Gasteiger partial charge in [-0.2, -0.15) is 0 Å². The standard InChI is InChI=1S/C48H30N2O/c1-2-12-31(13-3-1)32-22-25-34(26-23-32)49-41-19-9-5-16-37(41)47-43(49)27-28-44-48(47)38-17-6-10-20-42(38)50(44)40-18-8-4-14-35(40)33-24-29-46-39(30-33)36-15-7-11-21-45(36)51-46/h1-30H. The number of para-hydroxylation sites is 4. The summed E-state index contributed by atoms with van der Waals surface area (Å²) in [7, 11) is 0. The van der Waals surface area contributed by atoms with Crippen LogP contribution < -0.4 is 0 Å². The van der Waals surface area contributed by atoms with Crippen LogP contribution in [0.25, 0.3) is 99.2 Å². The van der Waals surface area contributed by atoms with Crippen LogP contribution in [-0.4, -0.2) is 9.13 Å². The molecule has 0 aliphatic carbocycles. The van der Waals surface area contributed by atoms with E-state index in [1.807, 2.05) is 12.1 Å². The molecule has 3 heteroatoms. The summed E-state index contributed by atoms with van der Waals surface area (Å²) in [6.07, 6.45) is 0. The minimum Gasteiger partial charge on any atom is -0.456 e. The Labute approximate surface area is 293 Å². The van der Waals surface area contributed by atoms with Crippen LogP contribution in [-0.2, 0) is 0 Å². The molecule has 0 saturated heterocycles. The van der Waals surface area contributed by atoms with Crippen LogP contribution in [0.15, 0.2) is 186 Å². The number of fused-ring (bicyclic) bond motifs is 10. The van der Waals surface area contributed by atoms with Crippen LogP contribution in [0.4, 0.5) is 0 Å². The van der Waals surface area contributed by atoms with Gasteiger partial charge in [0.05, 0.1) is 27.8 Å². The van der Waals surface area contributed by atoms with E-state index in [9.17, 15) is 0 Å². The molecule has 0 amide bonds. The predicted molar refractivity (Wildman–Crippen MR) is 213 cm³/mol. The van der Waals surface area contributed by atoms with Crippen molar-refractivity contribution in [1.29, 1.82) is 0 Å². The fourth-order valence-electron chi connectivity index (χ4n) is 8.30. The maximum Gasteiger partial charge on any atom is 0.135 e. The van der Waals surface area contributed by atoms with E-state index in [1.54, 1.807) is 0 Å². The van der Waals surface area contributed by atoms with Gasteiger partial charge in [-0.25, -0.2) is 0 Å². The Morgan fingerprint density at radius 3 is 1.65 bits per heavy atom. The average Bonchev–Trinajstić information content (AvgIpc) is 3.85. The van der Waals surface area contributed by atoms with Gasteiger partial charge in [0.15, 0.2) is 0 Å². The molecule has 11 aromatic rings. The van der Waals surface area contributed by atoms with Gasteiger partial charge in [0.25, 0.3) is 0 Å². The van der Waals surface area contributed by atoms with Gasteiger partial charge < -0.3 is 13.6 Å². The van der Waals surface area contributed by atoms with Crippen LogP contribution in [0.3, 0.4) is 0 Å². The highest BCUT2D eigenvalue weighted by atomic mass is 16.3. The van der Waals surface area contributed by atoms with Crippen molar-refractivity contribution in [3.63, 3.8) is 0 Å². The van der Waals surface area contributed by atoms with Gasteiger partial charge in [-0.15, -0.1) is 0 Å². The van der Waals surface area contributed by atoms with Crippen molar-refractivity contribution in [2.45, 2.75) is 0 Å². The normalized spacial score (nSPS) is 11.9. The molecule has 8 aromatic carbocycles. The Kier molecular flexibility index (Phi) is 5.96. The molecule has 51 heavy (non-hydrogen) atoms. The molecule has 0 spiro atoms. The minimum absolute atomic E-state index is 0.905. The van der Waals surface area contributed by atoms with Crippen molar-refractivity contribution in [1.82, 2.24) is 9.13 Å². The van der Waals surface area contributed by atoms with E-state index in [0.29, 0.717) is 0 Å². The first kappa shape index (κ1) is 28.0. The Morgan fingerprint density at radius 2 is 0.882 bits per heavy atom. The molecule has 0 saturated carbocycles. The molecule has 0 radical (unpaired) electrons. The van der Waals surface area contributed by atoms with E-state index in [2.05, 4.69) is 179 Å². The number of aromatic nitrogens is 2. The van der Waals surface area contributed by atoms with Gasteiger partial charge >= 0.3 is 0 Å². The van der Waals surface area contributed by atoms with E-state index in [1.165, 1.54) is 60.3 Å². The summed E-state index contributed by atoms with van der Waals surface area (Å²) in [6.45, 7) is 0. The monoisotopic (exact) mass is 650 g/mol. The van der Waals surface area contributed by atoms with Crippen molar-refractivity contribution in [2.75, 3.05) is 0 Å². The fourth-order valence-corrected chi connectivity index (χ4v) is 8.30. The van der Waals surface area contributed by atoms with E-state index >= 15 is 0 Å². The largest absolute Gasteiger partial charge is 0.456 e. The lowest BCUT2D eigenvalue weighted by Crippen LogP contribution is -1.97. The van der Waals surface area contributed by atoms with E-state index in [0.717, 1.165) is 38.9 Å². The molecule has 0 aliphatic heterocycles. The molecule has 11 rings (SSSR count). The van der Waals surface area contributed by atoms with Crippen molar-refractivity contribution in [3.8, 4) is 33.6 Å². The first-order valence-electron chi connectivity index (χ1n) is 17.4. The van der Waals surface area contributed by atoms with Crippen LogP contribution in [0.5, 0.6) is 0 Å². The Bertz CT molecular complexity index is 3120. The number of hydrogen-bond acceptors (Lipinski definition) is 1. The summed E-state index contributed by atoms with van der Waals surface area (Å²) < 4.78 is 11.1. The molecule has 0 aliphatic rings. The van der Waals surface area contributed by atoms with Gasteiger partial charge in [0.2, 0.25) is 0 Å². The highest BCUT2D eigenvalue weighted by molar-refractivity contribution is 6.29. The van der Waals surface area contributed by atoms with Crippen LogP contribution in [0.2, 0.25) is 0 Å². The fraction of sp³-hybridized carbons (Fsp3) is 0. The topological polar surface area (TPSA) is 23.0 Å². The van der Waals surface area contributed by atoms with Crippen molar-refractivity contribution < 1.29 is 4.42 Å². The molecule has 0 bridgehead atoms. The number of benzene rings is 8. The smallest absolute Gasteiger partial charge is 0.135 e. The number of rotatable bonds is 4. The maximum atomic E-state index is 6.19. The molecule has 3 heterocycles. The van der Waals surface area contributed by atoms with Crippen LogP contribution in [0.1, 0.15) is 0 Å². The molecule has 3 nitrogen and oxygen atoms in total. The molecule has 0 atom stereocenters. The second kappa shape index (κ2) is 10.8. The second-order valence-electron chi connectivity index (χ2n) is 13.3. The summed E-state index contributed by atoms with van der Waals surface area (Å²) in [6, 6.07) is 65.5. The maximum absolute atomic E-state index is 6.19. The summed E-state index contributed by atoms with van der Waals surface area (Å²) >= 11 is 0. The van der Waals surface area contributed by atoms with Crippen LogP contribution >= 0.6 is 0 Å². The Hall–Kier alpha value is -6.84. The summed E-state index contributed by atoms with van der Waals surface area (Å²) in [5.74, 6) is 0. The molecule has 238 valence electrons. The number of hydrogen-bond donors (Lipinski definition) is 0. The SMILES string of the molecule is c1ccc(-c2ccc(-n3c4ccccc4c4c5c6ccccc6n(-c6ccccc6-c6ccc7oc8ccccc8c7c6)c5ccc43)cc2)cc1. The molecular formula is C48H30N2O. The molecule has 3 aromatic heterocycles. The zero-order chi connectivity index (χ0) is 33.5. The minimum atomic E-state index is 0.905. The first-order valence-corrected chi connectivity index (χ1v) is 17.4. The van der Waals surface area contributed by atoms with E-state index in [-0.39, 0.29) is 0 Å². The quantitative estimate of drug-likeness (QED) is 0.186. The van der Waals surface area contributed by atoms with Crippen molar-refractivity contribution in [3.05, 3.63) is 182 Å². The van der Waals surface area contributed by atoms with Gasteiger partial charge in [-0.05, 0) is 77.4 Å². The Balaban J connectivity index is 1.17.